The van der Waals surface area contributed by atoms with Gasteiger partial charge in [0.2, 0.25) is 0 Å². The molecule has 7 nitrogen and oxygen atoms in total. The number of amides is 1. The topological polar surface area (TPSA) is 90.7 Å². The van der Waals surface area contributed by atoms with Crippen molar-refractivity contribution in [1.82, 2.24) is 0 Å². The van der Waals surface area contributed by atoms with Crippen LogP contribution in [0.15, 0.2) is 42.5 Å². The maximum Gasteiger partial charge on any atom is 0.271 e. The van der Waals surface area contributed by atoms with E-state index in [1.54, 1.807) is 24.3 Å². The number of non-ortho nitro benzene ring substituents is 1. The van der Waals surface area contributed by atoms with Crippen molar-refractivity contribution in [2.75, 3.05) is 18.5 Å². The van der Waals surface area contributed by atoms with Gasteiger partial charge in [0.1, 0.15) is 0 Å². The van der Waals surface area contributed by atoms with Crippen LogP contribution in [0, 0.1) is 10.1 Å². The summed E-state index contributed by atoms with van der Waals surface area (Å²) in [6.07, 6.45) is 1.69. The van der Waals surface area contributed by atoms with Gasteiger partial charge in [-0.3, -0.25) is 14.9 Å². The lowest BCUT2D eigenvalue weighted by molar-refractivity contribution is -0.384. The quantitative estimate of drug-likeness (QED) is 0.529. The highest BCUT2D eigenvalue weighted by Gasteiger charge is 2.13. The Morgan fingerprint density at radius 3 is 2.38 bits per heavy atom. The molecule has 0 radical (unpaired) electrons. The Morgan fingerprint density at radius 2 is 1.73 bits per heavy atom. The smallest absolute Gasteiger partial charge is 0.271 e. The number of hydrogen-bond donors (Lipinski definition) is 1. The number of benzene rings is 2. The lowest BCUT2D eigenvalue weighted by Gasteiger charge is -2.13. The second kappa shape index (κ2) is 9.41. The molecule has 0 spiro atoms. The van der Waals surface area contributed by atoms with Gasteiger partial charge in [0.15, 0.2) is 11.5 Å². The molecule has 0 bridgehead atoms. The molecule has 0 aliphatic heterocycles. The summed E-state index contributed by atoms with van der Waals surface area (Å²) in [5.41, 5.74) is 0.649. The van der Waals surface area contributed by atoms with Crippen molar-refractivity contribution in [1.29, 1.82) is 0 Å². The van der Waals surface area contributed by atoms with Crippen molar-refractivity contribution in [2.45, 2.75) is 26.7 Å². The molecule has 0 aromatic heterocycles. The third-order valence-electron chi connectivity index (χ3n) is 3.44. The van der Waals surface area contributed by atoms with Crippen molar-refractivity contribution in [3.8, 4) is 11.5 Å². The van der Waals surface area contributed by atoms with Crippen LogP contribution in [0.5, 0.6) is 11.5 Å². The molecule has 0 saturated heterocycles. The summed E-state index contributed by atoms with van der Waals surface area (Å²) in [6.45, 7) is 5.07. The van der Waals surface area contributed by atoms with E-state index in [-0.39, 0.29) is 11.6 Å². The Bertz CT molecular complexity index is 776. The summed E-state index contributed by atoms with van der Waals surface area (Å²) in [6, 6.07) is 10.7. The number of rotatable bonds is 9. The highest BCUT2D eigenvalue weighted by atomic mass is 16.6. The Labute approximate surface area is 152 Å². The van der Waals surface area contributed by atoms with Gasteiger partial charge in [-0.05, 0) is 37.1 Å². The summed E-state index contributed by atoms with van der Waals surface area (Å²) in [7, 11) is 0. The molecule has 1 amide bonds. The van der Waals surface area contributed by atoms with Crippen LogP contribution in [0.4, 0.5) is 11.4 Å². The summed E-state index contributed by atoms with van der Waals surface area (Å²) in [5, 5.41) is 13.5. The van der Waals surface area contributed by atoms with Gasteiger partial charge in [0, 0.05) is 23.4 Å². The maximum absolute atomic E-state index is 12.5. The number of nitrogens with one attached hydrogen (secondary N) is 1. The van der Waals surface area contributed by atoms with Gasteiger partial charge in [0.25, 0.3) is 11.6 Å². The molecule has 7 heteroatoms. The fraction of sp³-hybridized carbons (Fsp3) is 0.316. The Kier molecular flexibility index (Phi) is 6.96. The average molecular weight is 358 g/mol. The zero-order valence-corrected chi connectivity index (χ0v) is 14.9. The number of ether oxygens (including phenoxy) is 2. The molecule has 0 heterocycles. The molecule has 0 fully saturated rings. The second-order valence-corrected chi connectivity index (χ2v) is 5.62. The minimum Gasteiger partial charge on any atom is -0.490 e. The first kappa shape index (κ1) is 19.2. The van der Waals surface area contributed by atoms with Crippen LogP contribution < -0.4 is 14.8 Å². The number of carbonyl (C=O) groups excluding carboxylic acids is 1. The molecule has 0 saturated carbocycles. The first-order valence-electron chi connectivity index (χ1n) is 8.50. The van der Waals surface area contributed by atoms with Gasteiger partial charge in [-0.1, -0.05) is 19.9 Å². The number of anilines is 1. The zero-order chi connectivity index (χ0) is 18.9. The first-order chi connectivity index (χ1) is 12.5. The minimum absolute atomic E-state index is 0.0851. The Morgan fingerprint density at radius 1 is 1.04 bits per heavy atom. The van der Waals surface area contributed by atoms with Crippen LogP contribution in [0.25, 0.3) is 0 Å². The minimum atomic E-state index is -0.508. The Balaban J connectivity index is 2.19. The predicted octanol–water partition coefficient (Wildman–Crippen LogP) is 4.42. The van der Waals surface area contributed by atoms with Crippen molar-refractivity contribution >= 4 is 17.3 Å². The van der Waals surface area contributed by atoms with Crippen LogP contribution >= 0.6 is 0 Å². The van der Waals surface area contributed by atoms with Gasteiger partial charge >= 0.3 is 0 Å². The fourth-order valence-corrected chi connectivity index (χ4v) is 2.21. The average Bonchev–Trinajstić information content (AvgIpc) is 2.65. The van der Waals surface area contributed by atoms with Crippen molar-refractivity contribution in [2.24, 2.45) is 0 Å². The number of nitrogens with zero attached hydrogens (tertiary/aromatic N) is 1. The van der Waals surface area contributed by atoms with Gasteiger partial charge in [-0.25, -0.2) is 0 Å². The van der Waals surface area contributed by atoms with Crippen LogP contribution in [0.2, 0.25) is 0 Å². The number of nitro groups is 1. The second-order valence-electron chi connectivity index (χ2n) is 5.62. The largest absolute Gasteiger partial charge is 0.490 e. The molecule has 0 atom stereocenters. The first-order valence-corrected chi connectivity index (χ1v) is 8.50. The molecule has 2 rings (SSSR count). The molecule has 138 valence electrons. The highest BCUT2D eigenvalue weighted by molar-refractivity contribution is 6.04. The van der Waals surface area contributed by atoms with E-state index < -0.39 is 4.92 Å². The molecule has 26 heavy (non-hydrogen) atoms. The predicted molar refractivity (Wildman–Crippen MR) is 99.1 cm³/mol. The van der Waals surface area contributed by atoms with Crippen molar-refractivity contribution in [3.63, 3.8) is 0 Å². The molecular formula is C19H22N2O5. The molecule has 1 N–H and O–H groups in total. The third-order valence-corrected chi connectivity index (χ3v) is 3.44. The van der Waals surface area contributed by atoms with E-state index in [2.05, 4.69) is 5.32 Å². The SMILES string of the molecule is CCCOc1ccc(C(=O)Nc2cccc([N+](=O)[O-])c2)cc1OCCC. The molecule has 2 aromatic carbocycles. The number of carbonyl (C=O) groups is 1. The van der Waals surface area contributed by atoms with Gasteiger partial charge in [-0.2, -0.15) is 0 Å². The van der Waals surface area contributed by atoms with Crippen LogP contribution in [0.3, 0.4) is 0 Å². The molecule has 0 aliphatic carbocycles. The normalized spacial score (nSPS) is 10.2. The zero-order valence-electron chi connectivity index (χ0n) is 14.9. The summed E-state index contributed by atoms with van der Waals surface area (Å²) in [5.74, 6) is 0.716. The van der Waals surface area contributed by atoms with Gasteiger partial charge in [-0.15, -0.1) is 0 Å². The molecule has 2 aromatic rings. The van der Waals surface area contributed by atoms with E-state index >= 15 is 0 Å². The van der Waals surface area contributed by atoms with Crippen molar-refractivity contribution < 1.29 is 19.2 Å². The Hall–Kier alpha value is -3.09. The van der Waals surface area contributed by atoms with E-state index in [4.69, 9.17) is 9.47 Å². The third kappa shape index (κ3) is 5.20. The van der Waals surface area contributed by atoms with Gasteiger partial charge in [0.05, 0.1) is 18.1 Å². The summed E-state index contributed by atoms with van der Waals surface area (Å²) in [4.78, 5) is 22.8. The van der Waals surface area contributed by atoms with E-state index in [1.165, 1.54) is 18.2 Å². The standard InChI is InChI=1S/C19H22N2O5/c1-3-10-25-17-9-8-14(12-18(17)26-11-4-2)19(22)20-15-6-5-7-16(13-15)21(23)24/h5-9,12-13H,3-4,10-11H2,1-2H3,(H,20,22). The fourth-order valence-electron chi connectivity index (χ4n) is 2.21. The van der Waals surface area contributed by atoms with Crippen LogP contribution in [0.1, 0.15) is 37.0 Å². The lowest BCUT2D eigenvalue weighted by Crippen LogP contribution is -2.12. The summed E-state index contributed by atoms with van der Waals surface area (Å²) < 4.78 is 11.3. The number of nitro benzene ring substituents is 1. The number of hydrogen-bond acceptors (Lipinski definition) is 5. The van der Waals surface area contributed by atoms with E-state index in [1.807, 2.05) is 13.8 Å². The lowest BCUT2D eigenvalue weighted by atomic mass is 10.1. The molecular weight excluding hydrogens is 336 g/mol. The van der Waals surface area contributed by atoms with Gasteiger partial charge < -0.3 is 14.8 Å². The van der Waals surface area contributed by atoms with Crippen molar-refractivity contribution in [3.05, 3.63) is 58.1 Å². The van der Waals surface area contributed by atoms with E-state index in [0.29, 0.717) is 36.0 Å². The monoisotopic (exact) mass is 358 g/mol. The maximum atomic E-state index is 12.5. The van der Waals surface area contributed by atoms with Crippen LogP contribution in [-0.2, 0) is 0 Å². The van der Waals surface area contributed by atoms with Crippen LogP contribution in [-0.4, -0.2) is 24.0 Å². The molecule has 0 unspecified atom stereocenters. The van der Waals surface area contributed by atoms with E-state index in [0.717, 1.165) is 12.8 Å². The highest BCUT2D eigenvalue weighted by Crippen LogP contribution is 2.29. The van der Waals surface area contributed by atoms with E-state index in [9.17, 15) is 14.9 Å². The molecule has 0 aliphatic rings. The summed E-state index contributed by atoms with van der Waals surface area (Å²) >= 11 is 0.